The highest BCUT2D eigenvalue weighted by Gasteiger charge is 2.30. The van der Waals surface area contributed by atoms with Crippen molar-refractivity contribution in [1.82, 2.24) is 0 Å². The average Bonchev–Trinajstić information content (AvgIpc) is 2.35. The van der Waals surface area contributed by atoms with Gasteiger partial charge in [0.1, 0.15) is 19.3 Å². The van der Waals surface area contributed by atoms with Gasteiger partial charge in [-0.25, -0.2) is 9.13 Å². The second-order valence-electron chi connectivity index (χ2n) is 26.2. The first kappa shape index (κ1) is 89.1. The highest BCUT2D eigenvalue weighted by Crippen LogP contribution is 2.45. The first-order valence-corrected chi connectivity index (χ1v) is 40.7. The summed E-state index contributed by atoms with van der Waals surface area (Å²) in [5.74, 6) is -1.25. The van der Waals surface area contributed by atoms with Crippen molar-refractivity contribution < 1.29 is 80.2 Å². The van der Waals surface area contributed by atoms with Gasteiger partial charge in [0.2, 0.25) is 0 Å². The molecular weight excluding hydrogens is 1200 g/mol. The molecule has 3 unspecified atom stereocenters. The molecule has 0 aliphatic heterocycles. The Balaban J connectivity index is 5.12. The van der Waals surface area contributed by atoms with Crippen LogP contribution in [0.2, 0.25) is 0 Å². The zero-order valence-corrected chi connectivity index (χ0v) is 60.8. The van der Waals surface area contributed by atoms with Gasteiger partial charge in [-0.05, 0) is 31.6 Å². The fraction of sp³-hybridized carbons (Fsp3) is 0.944. The average molecular weight is 1340 g/mol. The zero-order chi connectivity index (χ0) is 67.0. The molecule has 91 heavy (non-hydrogen) atoms. The van der Waals surface area contributed by atoms with Gasteiger partial charge in [0, 0.05) is 25.7 Å². The monoisotopic (exact) mass is 1340 g/mol. The van der Waals surface area contributed by atoms with Gasteiger partial charge in [0.25, 0.3) is 0 Å². The minimum Gasteiger partial charge on any atom is -0.462 e. The number of rotatable bonds is 72. The zero-order valence-electron chi connectivity index (χ0n) is 59.0. The maximum absolute atomic E-state index is 13.0. The second-order valence-corrected chi connectivity index (χ2v) is 29.1. The van der Waals surface area contributed by atoms with Crippen LogP contribution in [-0.4, -0.2) is 96.7 Å². The normalized spacial score (nSPS) is 14.3. The molecule has 0 saturated heterocycles. The third-order valence-electron chi connectivity index (χ3n) is 17.1. The van der Waals surface area contributed by atoms with E-state index in [-0.39, 0.29) is 25.7 Å². The first-order chi connectivity index (χ1) is 44.1. The molecule has 0 rings (SSSR count). The number of hydrogen-bond donors (Lipinski definition) is 3. The molecular formula is C72H140O17P2. The molecule has 0 bridgehead atoms. The molecule has 0 aliphatic carbocycles. The van der Waals surface area contributed by atoms with Crippen LogP contribution in [0.3, 0.4) is 0 Å². The molecule has 0 aromatic heterocycles. The van der Waals surface area contributed by atoms with E-state index in [1.54, 1.807) is 0 Å². The Hall–Kier alpha value is -1.94. The van der Waals surface area contributed by atoms with Gasteiger partial charge in [-0.2, -0.15) is 0 Å². The van der Waals surface area contributed by atoms with E-state index in [2.05, 4.69) is 34.6 Å². The number of unbranched alkanes of at least 4 members (excludes halogenated alkanes) is 43. The molecule has 0 radical (unpaired) electrons. The molecule has 0 heterocycles. The van der Waals surface area contributed by atoms with E-state index in [4.69, 9.17) is 37.0 Å². The molecule has 17 nitrogen and oxygen atoms in total. The largest absolute Gasteiger partial charge is 0.472 e. The van der Waals surface area contributed by atoms with Crippen molar-refractivity contribution >= 4 is 39.5 Å². The number of esters is 4. The summed E-state index contributed by atoms with van der Waals surface area (Å²) >= 11 is 0. The summed E-state index contributed by atoms with van der Waals surface area (Å²) < 4.78 is 68.2. The molecule has 6 atom stereocenters. The number of aliphatic hydroxyl groups excluding tert-OH is 1. The van der Waals surface area contributed by atoms with Crippen molar-refractivity contribution in [3.8, 4) is 0 Å². The smallest absolute Gasteiger partial charge is 0.462 e. The Morgan fingerprint density at radius 3 is 0.780 bits per heavy atom. The summed E-state index contributed by atoms with van der Waals surface area (Å²) in [5.41, 5.74) is 0. The molecule has 0 aliphatic rings. The van der Waals surface area contributed by atoms with Crippen molar-refractivity contribution in [1.29, 1.82) is 0 Å². The minimum atomic E-state index is -4.95. The molecule has 0 aromatic rings. The van der Waals surface area contributed by atoms with Gasteiger partial charge in [-0.15, -0.1) is 0 Å². The van der Waals surface area contributed by atoms with E-state index in [1.807, 2.05) is 0 Å². The van der Waals surface area contributed by atoms with Crippen LogP contribution >= 0.6 is 15.6 Å². The minimum absolute atomic E-state index is 0.105. The van der Waals surface area contributed by atoms with E-state index >= 15 is 0 Å². The number of carbonyl (C=O) groups is 4. The Bertz CT molecular complexity index is 1760. The molecule has 0 aromatic carbocycles. The van der Waals surface area contributed by atoms with Crippen molar-refractivity contribution in [2.24, 2.45) is 5.92 Å². The molecule has 0 saturated carbocycles. The molecule has 0 amide bonds. The molecule has 0 fully saturated rings. The van der Waals surface area contributed by atoms with Crippen LogP contribution in [0, 0.1) is 5.92 Å². The Morgan fingerprint density at radius 1 is 0.308 bits per heavy atom. The van der Waals surface area contributed by atoms with Crippen LogP contribution in [-0.2, 0) is 65.4 Å². The second kappa shape index (κ2) is 65.4. The summed E-state index contributed by atoms with van der Waals surface area (Å²) in [7, 11) is -9.89. The summed E-state index contributed by atoms with van der Waals surface area (Å²) in [6, 6.07) is 0. The van der Waals surface area contributed by atoms with E-state index < -0.39 is 97.5 Å². The number of aliphatic hydroxyl groups is 1. The highest BCUT2D eigenvalue weighted by atomic mass is 31.2. The quantitative estimate of drug-likeness (QED) is 0.0222. The maximum atomic E-state index is 13.0. The number of hydrogen-bond acceptors (Lipinski definition) is 15. The molecule has 19 heteroatoms. The lowest BCUT2D eigenvalue weighted by Crippen LogP contribution is -2.30. The molecule has 3 N–H and O–H groups in total. The summed E-state index contributed by atoms with van der Waals surface area (Å²) in [6.07, 6.45) is 52.9. The standard InChI is InChI=1S/C72H140O17P2/c1-6-10-13-16-19-22-23-30-34-37-42-46-51-56-70(75)83-62-68(89-72(77)58-53-48-43-38-35-32-29-27-25-24-26-28-31-33-36-39-44-49-54-65(5)9-4)64-87-91(80,81)85-60-66(73)59-84-90(78,79)86-63-67(88-71(76)57-52-47-41-21-18-15-12-8-3)61-82-69(74)55-50-45-40-20-17-14-11-7-2/h65-68,73H,6-64H2,1-5H3,(H,78,79)(H,80,81)/t65?,66-,67+,68+/m0/s1. The lowest BCUT2D eigenvalue weighted by molar-refractivity contribution is -0.161. The third kappa shape index (κ3) is 65.1. The SMILES string of the molecule is CCCCCCCCCCCCCCCC(=O)OC[C@H](COP(=O)(O)OC[C@@H](O)COP(=O)(O)OC[C@@H](COC(=O)CCCCCCCCCC)OC(=O)CCCCCCCCCC)OC(=O)CCCCCCCCCCCCCCCCCCCCC(C)CC. The van der Waals surface area contributed by atoms with Crippen LogP contribution in [0.1, 0.15) is 375 Å². The molecule has 540 valence electrons. The number of carbonyl (C=O) groups excluding carboxylic acids is 4. The fourth-order valence-electron chi connectivity index (χ4n) is 11.0. The van der Waals surface area contributed by atoms with Gasteiger partial charge in [-0.1, -0.05) is 324 Å². The maximum Gasteiger partial charge on any atom is 0.472 e. The number of ether oxygens (including phenoxy) is 4. The van der Waals surface area contributed by atoms with E-state index in [0.717, 1.165) is 109 Å². The van der Waals surface area contributed by atoms with Gasteiger partial charge in [-0.3, -0.25) is 37.3 Å². The van der Waals surface area contributed by atoms with Crippen LogP contribution in [0.25, 0.3) is 0 Å². The summed E-state index contributed by atoms with van der Waals surface area (Å²) in [4.78, 5) is 72.4. The van der Waals surface area contributed by atoms with Gasteiger partial charge >= 0.3 is 39.5 Å². The van der Waals surface area contributed by atoms with Crippen molar-refractivity contribution in [3.05, 3.63) is 0 Å². The van der Waals surface area contributed by atoms with Crippen molar-refractivity contribution in [3.63, 3.8) is 0 Å². The first-order valence-electron chi connectivity index (χ1n) is 37.7. The highest BCUT2D eigenvalue weighted by molar-refractivity contribution is 7.47. The van der Waals surface area contributed by atoms with E-state index in [9.17, 15) is 43.2 Å². The fourth-order valence-corrected chi connectivity index (χ4v) is 12.5. The summed E-state index contributed by atoms with van der Waals surface area (Å²) in [5, 5.41) is 10.6. The van der Waals surface area contributed by atoms with Gasteiger partial charge in [0.15, 0.2) is 12.2 Å². The van der Waals surface area contributed by atoms with Crippen LogP contribution in [0.4, 0.5) is 0 Å². The van der Waals surface area contributed by atoms with E-state index in [0.29, 0.717) is 25.7 Å². The van der Waals surface area contributed by atoms with Crippen molar-refractivity contribution in [2.75, 3.05) is 39.6 Å². The third-order valence-corrected chi connectivity index (χ3v) is 19.0. The van der Waals surface area contributed by atoms with Gasteiger partial charge in [0.05, 0.1) is 26.4 Å². The van der Waals surface area contributed by atoms with Crippen LogP contribution in [0.5, 0.6) is 0 Å². The summed E-state index contributed by atoms with van der Waals surface area (Å²) in [6.45, 7) is 7.27. The Labute approximate surface area is 556 Å². The van der Waals surface area contributed by atoms with Gasteiger partial charge < -0.3 is 33.8 Å². The predicted octanol–water partition coefficient (Wildman–Crippen LogP) is 20.9. The van der Waals surface area contributed by atoms with Crippen molar-refractivity contribution in [2.45, 2.75) is 393 Å². The number of phosphoric acid groups is 2. The Morgan fingerprint density at radius 2 is 0.527 bits per heavy atom. The van der Waals surface area contributed by atoms with Crippen LogP contribution < -0.4 is 0 Å². The van der Waals surface area contributed by atoms with Crippen LogP contribution in [0.15, 0.2) is 0 Å². The topological polar surface area (TPSA) is 237 Å². The molecule has 0 spiro atoms. The predicted molar refractivity (Wildman–Crippen MR) is 368 cm³/mol. The van der Waals surface area contributed by atoms with E-state index in [1.165, 1.54) is 186 Å². The lowest BCUT2D eigenvalue weighted by atomic mass is 9.99. The lowest BCUT2D eigenvalue weighted by Gasteiger charge is -2.21. The Kier molecular flexibility index (Phi) is 64.0. The number of phosphoric ester groups is 2.